The standard InChI is InChI=1S/C19H20BrN3O2/c1-12-9-16(14(3)23(12)18-10-13(2)25-21-18)19(24)22(4)11-15-7-5-6-8-17(15)20/h5-10H,11H2,1-4H3. The number of carbonyl (C=O) groups excluding carboxylic acids is 1. The molecule has 5 nitrogen and oxygen atoms in total. The third-order valence-corrected chi connectivity index (χ3v) is 4.99. The second-order valence-electron chi connectivity index (χ2n) is 6.17. The SMILES string of the molecule is Cc1cc(-n2c(C)cc(C(=O)N(C)Cc3ccccc3Br)c2C)no1. The highest BCUT2D eigenvalue weighted by Gasteiger charge is 2.21. The Morgan fingerprint density at radius 2 is 1.96 bits per heavy atom. The number of hydrogen-bond acceptors (Lipinski definition) is 3. The molecular weight excluding hydrogens is 382 g/mol. The lowest BCUT2D eigenvalue weighted by molar-refractivity contribution is 0.0784. The number of halogens is 1. The minimum atomic E-state index is -0.0182. The first-order valence-corrected chi connectivity index (χ1v) is 8.79. The maximum atomic E-state index is 12.9. The number of rotatable bonds is 4. The summed E-state index contributed by atoms with van der Waals surface area (Å²) < 4.78 is 8.11. The molecule has 130 valence electrons. The van der Waals surface area contributed by atoms with E-state index >= 15 is 0 Å². The number of benzene rings is 1. The third kappa shape index (κ3) is 3.39. The Kier molecular flexibility index (Phi) is 4.81. The number of aryl methyl sites for hydroxylation is 2. The lowest BCUT2D eigenvalue weighted by atomic mass is 10.2. The van der Waals surface area contributed by atoms with Crippen LogP contribution in [0.3, 0.4) is 0 Å². The van der Waals surface area contributed by atoms with E-state index in [1.807, 2.05) is 68.8 Å². The molecule has 25 heavy (non-hydrogen) atoms. The second kappa shape index (κ2) is 6.88. The van der Waals surface area contributed by atoms with Crippen molar-refractivity contribution in [2.45, 2.75) is 27.3 Å². The van der Waals surface area contributed by atoms with Crippen molar-refractivity contribution in [3.63, 3.8) is 0 Å². The van der Waals surface area contributed by atoms with Gasteiger partial charge in [0.1, 0.15) is 5.76 Å². The highest BCUT2D eigenvalue weighted by Crippen LogP contribution is 2.23. The van der Waals surface area contributed by atoms with Crippen LogP contribution in [0.2, 0.25) is 0 Å². The largest absolute Gasteiger partial charge is 0.360 e. The molecule has 3 aromatic rings. The number of nitrogens with zero attached hydrogens (tertiary/aromatic N) is 3. The summed E-state index contributed by atoms with van der Waals surface area (Å²) in [5, 5.41) is 4.06. The maximum absolute atomic E-state index is 12.9. The van der Waals surface area contributed by atoms with Gasteiger partial charge >= 0.3 is 0 Å². The number of amides is 1. The van der Waals surface area contributed by atoms with Crippen LogP contribution >= 0.6 is 15.9 Å². The van der Waals surface area contributed by atoms with Crippen LogP contribution in [0.1, 0.15) is 33.1 Å². The maximum Gasteiger partial charge on any atom is 0.255 e. The molecule has 0 bridgehead atoms. The average molecular weight is 402 g/mol. The van der Waals surface area contributed by atoms with Gasteiger partial charge in [-0.3, -0.25) is 9.36 Å². The second-order valence-corrected chi connectivity index (χ2v) is 7.02. The van der Waals surface area contributed by atoms with Gasteiger partial charge in [0.05, 0.1) is 5.56 Å². The van der Waals surface area contributed by atoms with Gasteiger partial charge in [0.15, 0.2) is 5.82 Å². The summed E-state index contributed by atoms with van der Waals surface area (Å²) in [5.74, 6) is 1.41. The van der Waals surface area contributed by atoms with E-state index in [0.29, 0.717) is 17.9 Å². The van der Waals surface area contributed by atoms with E-state index in [4.69, 9.17) is 4.52 Å². The van der Waals surface area contributed by atoms with Crippen molar-refractivity contribution in [2.75, 3.05) is 7.05 Å². The number of aromatic nitrogens is 2. The van der Waals surface area contributed by atoms with E-state index in [1.165, 1.54) is 0 Å². The molecule has 6 heteroatoms. The van der Waals surface area contributed by atoms with Gasteiger partial charge in [0.2, 0.25) is 0 Å². The van der Waals surface area contributed by atoms with Gasteiger partial charge in [-0.15, -0.1) is 0 Å². The van der Waals surface area contributed by atoms with E-state index in [2.05, 4.69) is 21.1 Å². The highest BCUT2D eigenvalue weighted by molar-refractivity contribution is 9.10. The molecule has 1 amide bonds. The zero-order valence-electron chi connectivity index (χ0n) is 14.7. The van der Waals surface area contributed by atoms with Crippen LogP contribution in [0.5, 0.6) is 0 Å². The van der Waals surface area contributed by atoms with Crippen molar-refractivity contribution in [3.05, 3.63) is 69.1 Å². The first kappa shape index (κ1) is 17.5. The van der Waals surface area contributed by atoms with Gasteiger partial charge < -0.3 is 9.42 Å². The molecule has 0 aliphatic heterocycles. The first-order valence-electron chi connectivity index (χ1n) is 8.00. The van der Waals surface area contributed by atoms with Gasteiger partial charge in [-0.05, 0) is 38.5 Å². The van der Waals surface area contributed by atoms with Crippen LogP contribution < -0.4 is 0 Å². The fourth-order valence-electron chi connectivity index (χ4n) is 2.95. The predicted octanol–water partition coefficient (Wildman–Crippen LogP) is 4.43. The summed E-state index contributed by atoms with van der Waals surface area (Å²) >= 11 is 3.53. The van der Waals surface area contributed by atoms with Crippen LogP contribution in [0, 0.1) is 20.8 Å². The van der Waals surface area contributed by atoms with E-state index in [-0.39, 0.29) is 5.91 Å². The van der Waals surface area contributed by atoms with Gasteiger partial charge in [-0.25, -0.2) is 0 Å². The summed E-state index contributed by atoms with van der Waals surface area (Å²) in [5.41, 5.74) is 3.55. The fourth-order valence-corrected chi connectivity index (χ4v) is 3.36. The van der Waals surface area contributed by atoms with Crippen molar-refractivity contribution in [1.82, 2.24) is 14.6 Å². The molecule has 0 saturated carbocycles. The van der Waals surface area contributed by atoms with Crippen LogP contribution in [0.15, 0.2) is 45.4 Å². The summed E-state index contributed by atoms with van der Waals surface area (Å²) in [6.45, 7) is 6.27. The quantitative estimate of drug-likeness (QED) is 0.649. The minimum Gasteiger partial charge on any atom is -0.360 e. The Morgan fingerprint density at radius 1 is 1.24 bits per heavy atom. The monoisotopic (exact) mass is 401 g/mol. The van der Waals surface area contributed by atoms with Crippen LogP contribution in [-0.2, 0) is 6.54 Å². The molecule has 0 spiro atoms. The highest BCUT2D eigenvalue weighted by atomic mass is 79.9. The summed E-state index contributed by atoms with van der Waals surface area (Å²) in [4.78, 5) is 14.7. The topological polar surface area (TPSA) is 51.3 Å². The van der Waals surface area contributed by atoms with Crippen LogP contribution in [0.4, 0.5) is 0 Å². The molecule has 0 radical (unpaired) electrons. The van der Waals surface area contributed by atoms with E-state index in [0.717, 1.165) is 27.2 Å². The van der Waals surface area contributed by atoms with Crippen LogP contribution in [-0.4, -0.2) is 27.6 Å². The number of hydrogen-bond donors (Lipinski definition) is 0. The molecule has 3 rings (SSSR count). The van der Waals surface area contributed by atoms with Crippen molar-refractivity contribution in [2.24, 2.45) is 0 Å². The molecule has 0 aliphatic carbocycles. The Labute approximate surface area is 155 Å². The van der Waals surface area contributed by atoms with Gasteiger partial charge in [-0.1, -0.05) is 39.3 Å². The molecular formula is C19H20BrN3O2. The minimum absolute atomic E-state index is 0.0182. The van der Waals surface area contributed by atoms with Crippen molar-refractivity contribution >= 4 is 21.8 Å². The van der Waals surface area contributed by atoms with Gasteiger partial charge in [-0.2, -0.15) is 0 Å². The summed E-state index contributed by atoms with van der Waals surface area (Å²) in [6, 6.07) is 11.7. The molecule has 0 atom stereocenters. The molecule has 1 aromatic carbocycles. The zero-order valence-corrected chi connectivity index (χ0v) is 16.3. The Balaban J connectivity index is 1.89. The van der Waals surface area contributed by atoms with Crippen molar-refractivity contribution < 1.29 is 9.32 Å². The van der Waals surface area contributed by atoms with Gasteiger partial charge in [0.25, 0.3) is 5.91 Å². The molecule has 0 saturated heterocycles. The van der Waals surface area contributed by atoms with E-state index < -0.39 is 0 Å². The Bertz CT molecular complexity index is 927. The molecule has 2 heterocycles. The lowest BCUT2D eigenvalue weighted by Gasteiger charge is -2.18. The molecule has 0 N–H and O–H groups in total. The average Bonchev–Trinajstić information content (AvgIpc) is 3.11. The zero-order chi connectivity index (χ0) is 18.1. The first-order chi connectivity index (χ1) is 11.9. The lowest BCUT2D eigenvalue weighted by Crippen LogP contribution is -2.26. The molecule has 0 fully saturated rings. The van der Waals surface area contributed by atoms with Crippen molar-refractivity contribution in [1.29, 1.82) is 0 Å². The normalized spacial score (nSPS) is 10.9. The fraction of sp³-hybridized carbons (Fsp3) is 0.263. The molecule has 0 unspecified atom stereocenters. The number of carbonyl (C=O) groups is 1. The smallest absolute Gasteiger partial charge is 0.255 e. The Hall–Kier alpha value is -2.34. The van der Waals surface area contributed by atoms with E-state index in [9.17, 15) is 4.79 Å². The van der Waals surface area contributed by atoms with Crippen molar-refractivity contribution in [3.8, 4) is 5.82 Å². The summed E-state index contributed by atoms with van der Waals surface area (Å²) in [6.07, 6.45) is 0. The Morgan fingerprint density at radius 3 is 2.60 bits per heavy atom. The van der Waals surface area contributed by atoms with Gasteiger partial charge in [0, 0.05) is 35.5 Å². The van der Waals surface area contributed by atoms with Crippen LogP contribution in [0.25, 0.3) is 5.82 Å². The predicted molar refractivity (Wildman–Crippen MR) is 100.0 cm³/mol. The molecule has 0 aliphatic rings. The third-order valence-electron chi connectivity index (χ3n) is 4.22. The summed E-state index contributed by atoms with van der Waals surface area (Å²) in [7, 11) is 1.81. The van der Waals surface area contributed by atoms with E-state index in [1.54, 1.807) is 4.90 Å². The molecule has 2 aromatic heterocycles.